The third-order valence-corrected chi connectivity index (χ3v) is 3.98. The van der Waals surface area contributed by atoms with Crippen molar-refractivity contribution < 1.29 is 0 Å². The Hall–Kier alpha value is -1.32. The van der Waals surface area contributed by atoms with Crippen molar-refractivity contribution in [3.05, 3.63) is 66.6 Å². The van der Waals surface area contributed by atoms with Crippen LogP contribution in [0.4, 0.5) is 5.69 Å². The fourth-order valence-electron chi connectivity index (χ4n) is 2.56. The normalized spacial score (nSPS) is 16.5. The van der Waals surface area contributed by atoms with E-state index in [9.17, 15) is 0 Å². The van der Waals surface area contributed by atoms with Crippen LogP contribution in [0.3, 0.4) is 0 Å². The molecule has 1 aliphatic rings. The lowest BCUT2D eigenvalue weighted by Gasteiger charge is -2.20. The molecule has 0 unspecified atom stereocenters. The Bertz CT molecular complexity index is 629. The third-order valence-electron chi connectivity index (χ3n) is 3.75. The van der Waals surface area contributed by atoms with Crippen molar-refractivity contribution in [1.82, 2.24) is 10.3 Å². The molecule has 113 valence electrons. The fourth-order valence-corrected chi connectivity index (χ4v) is 2.73. The number of fused-ring (bicyclic) bond motifs is 1. The summed E-state index contributed by atoms with van der Waals surface area (Å²) in [5.74, 6) is 2.66. The van der Waals surface area contributed by atoms with E-state index in [0.29, 0.717) is 5.02 Å². The molecule has 1 fully saturated rings. The predicted octanol–water partition coefficient (Wildman–Crippen LogP) is 3.69. The highest BCUT2D eigenvalue weighted by molar-refractivity contribution is 6.31. The zero-order valence-corrected chi connectivity index (χ0v) is 13.3. The average Bonchev–Trinajstić information content (AvgIpc) is 2.97. The first-order valence-corrected chi connectivity index (χ1v) is 7.88. The molecule has 4 heteroatoms. The lowest BCUT2D eigenvalue weighted by atomic mass is 9.95. The first-order valence-electron chi connectivity index (χ1n) is 7.50. The molecule has 3 nitrogen and oxygen atoms in total. The van der Waals surface area contributed by atoms with Gasteiger partial charge in [0, 0.05) is 47.2 Å². The standard InChI is InChI=1S/C18H19ClN3/c1-2-20-11-13-4-3-5-14(13)12-22-17-8-9-21-18-10-15(19)6-7-16(17)18/h3-10,20H,2,11-12H2,1H3,(H,21,22). The molecule has 0 spiro atoms. The molecular weight excluding hydrogens is 294 g/mol. The molecule has 0 atom stereocenters. The number of benzene rings is 1. The van der Waals surface area contributed by atoms with Gasteiger partial charge >= 0.3 is 0 Å². The molecule has 2 aromatic rings. The number of pyridine rings is 1. The van der Waals surface area contributed by atoms with Crippen LogP contribution >= 0.6 is 11.6 Å². The minimum absolute atomic E-state index is 0.709. The van der Waals surface area contributed by atoms with Crippen molar-refractivity contribution in [2.24, 2.45) is 0 Å². The summed E-state index contributed by atoms with van der Waals surface area (Å²) in [5, 5.41) is 8.69. The quantitative estimate of drug-likeness (QED) is 0.854. The second-order valence-electron chi connectivity index (χ2n) is 5.23. The van der Waals surface area contributed by atoms with E-state index in [2.05, 4.69) is 41.8 Å². The molecule has 0 aliphatic heterocycles. The number of hydrogen-bond donors (Lipinski definition) is 2. The maximum Gasteiger partial charge on any atom is 0.0737 e. The maximum absolute atomic E-state index is 6.03. The molecule has 1 aromatic heterocycles. The van der Waals surface area contributed by atoms with Crippen LogP contribution in [0.25, 0.3) is 10.9 Å². The maximum atomic E-state index is 6.03. The second-order valence-corrected chi connectivity index (χ2v) is 5.67. The zero-order valence-electron chi connectivity index (χ0n) is 12.6. The lowest BCUT2D eigenvalue weighted by Crippen LogP contribution is -2.26. The third kappa shape index (κ3) is 3.53. The molecule has 1 aromatic carbocycles. The lowest BCUT2D eigenvalue weighted by molar-refractivity contribution is 0.730. The Labute approximate surface area is 137 Å². The van der Waals surface area contributed by atoms with Gasteiger partial charge in [0.15, 0.2) is 0 Å². The average molecular weight is 313 g/mol. The molecule has 5 radical (unpaired) electrons. The van der Waals surface area contributed by atoms with Crippen LogP contribution in [0.1, 0.15) is 6.92 Å². The van der Waals surface area contributed by atoms with Crippen LogP contribution in [-0.2, 0) is 0 Å². The van der Waals surface area contributed by atoms with Crippen molar-refractivity contribution in [3.63, 3.8) is 0 Å². The number of anilines is 1. The predicted molar refractivity (Wildman–Crippen MR) is 93.2 cm³/mol. The number of nitrogens with zero attached hydrogens (tertiary/aromatic N) is 1. The van der Waals surface area contributed by atoms with Crippen LogP contribution in [0, 0.1) is 31.1 Å². The highest BCUT2D eigenvalue weighted by atomic mass is 35.5. The molecule has 1 saturated carbocycles. The monoisotopic (exact) mass is 312 g/mol. The largest absolute Gasteiger partial charge is 0.384 e. The van der Waals surface area contributed by atoms with E-state index in [1.807, 2.05) is 30.5 Å². The Morgan fingerprint density at radius 3 is 2.73 bits per heavy atom. The Morgan fingerprint density at radius 1 is 1.09 bits per heavy atom. The number of aromatic nitrogens is 1. The summed E-state index contributed by atoms with van der Waals surface area (Å²) in [7, 11) is 0. The van der Waals surface area contributed by atoms with E-state index < -0.39 is 0 Å². The van der Waals surface area contributed by atoms with Crippen molar-refractivity contribution in [3.8, 4) is 0 Å². The van der Waals surface area contributed by atoms with Crippen molar-refractivity contribution in [2.45, 2.75) is 6.92 Å². The van der Waals surface area contributed by atoms with Gasteiger partial charge < -0.3 is 10.6 Å². The number of hydrogen-bond acceptors (Lipinski definition) is 3. The van der Waals surface area contributed by atoms with Crippen molar-refractivity contribution in [1.29, 1.82) is 0 Å². The fraction of sp³-hybridized carbons (Fsp3) is 0.222. The van der Waals surface area contributed by atoms with Gasteiger partial charge in [-0.05, 0) is 50.1 Å². The van der Waals surface area contributed by atoms with Crippen LogP contribution in [0.5, 0.6) is 0 Å². The smallest absolute Gasteiger partial charge is 0.0737 e. The molecule has 0 bridgehead atoms. The van der Waals surface area contributed by atoms with Crippen LogP contribution in [0.2, 0.25) is 5.02 Å². The molecule has 0 saturated heterocycles. The summed E-state index contributed by atoms with van der Waals surface area (Å²) >= 11 is 6.03. The van der Waals surface area contributed by atoms with Crippen LogP contribution < -0.4 is 10.6 Å². The van der Waals surface area contributed by atoms with Gasteiger partial charge in [-0.2, -0.15) is 0 Å². The molecule has 1 aliphatic carbocycles. The minimum Gasteiger partial charge on any atom is -0.384 e. The number of nitrogens with one attached hydrogen (secondary N) is 2. The van der Waals surface area contributed by atoms with Gasteiger partial charge in [-0.1, -0.05) is 18.5 Å². The van der Waals surface area contributed by atoms with E-state index >= 15 is 0 Å². The Morgan fingerprint density at radius 2 is 1.91 bits per heavy atom. The first-order chi connectivity index (χ1) is 10.8. The summed E-state index contributed by atoms with van der Waals surface area (Å²) in [4.78, 5) is 4.37. The SMILES string of the molecule is CCNC[C]1[CH][CH][CH][C]1CNc1ccnc2cc(Cl)ccc12. The van der Waals surface area contributed by atoms with Gasteiger partial charge in [0.1, 0.15) is 0 Å². The molecule has 3 rings (SSSR count). The van der Waals surface area contributed by atoms with Crippen molar-refractivity contribution >= 4 is 28.2 Å². The molecule has 22 heavy (non-hydrogen) atoms. The summed E-state index contributed by atoms with van der Waals surface area (Å²) in [6.45, 7) is 4.81. The van der Waals surface area contributed by atoms with E-state index in [4.69, 9.17) is 11.6 Å². The molecule has 2 N–H and O–H groups in total. The summed E-state index contributed by atoms with van der Waals surface area (Å²) in [6, 6.07) is 7.80. The van der Waals surface area contributed by atoms with E-state index in [1.165, 1.54) is 11.8 Å². The minimum atomic E-state index is 0.709. The van der Waals surface area contributed by atoms with Gasteiger partial charge in [-0.15, -0.1) is 0 Å². The van der Waals surface area contributed by atoms with Gasteiger partial charge in [0.2, 0.25) is 0 Å². The van der Waals surface area contributed by atoms with Crippen LogP contribution in [-0.4, -0.2) is 24.6 Å². The van der Waals surface area contributed by atoms with E-state index in [0.717, 1.165) is 36.2 Å². The molecular formula is C18H19ClN3. The van der Waals surface area contributed by atoms with Crippen molar-refractivity contribution in [2.75, 3.05) is 25.0 Å². The van der Waals surface area contributed by atoms with E-state index in [-0.39, 0.29) is 0 Å². The van der Waals surface area contributed by atoms with Gasteiger partial charge in [-0.3, -0.25) is 4.98 Å². The molecule has 0 amide bonds. The summed E-state index contributed by atoms with van der Waals surface area (Å²) in [5.41, 5.74) is 1.99. The zero-order chi connectivity index (χ0) is 15.4. The Balaban J connectivity index is 1.68. The summed E-state index contributed by atoms with van der Waals surface area (Å²) in [6.07, 6.45) is 8.25. The van der Waals surface area contributed by atoms with E-state index in [1.54, 1.807) is 0 Å². The topological polar surface area (TPSA) is 37.0 Å². The first kappa shape index (κ1) is 15.6. The van der Waals surface area contributed by atoms with Gasteiger partial charge in [-0.25, -0.2) is 0 Å². The van der Waals surface area contributed by atoms with Crippen LogP contribution in [0.15, 0.2) is 30.5 Å². The highest BCUT2D eigenvalue weighted by Crippen LogP contribution is 2.33. The molecule has 1 heterocycles. The highest BCUT2D eigenvalue weighted by Gasteiger charge is 2.28. The second kappa shape index (κ2) is 7.30. The Kier molecular flexibility index (Phi) is 5.16. The van der Waals surface area contributed by atoms with Gasteiger partial charge in [0.05, 0.1) is 5.52 Å². The van der Waals surface area contributed by atoms with Gasteiger partial charge in [0.25, 0.3) is 0 Å². The summed E-state index contributed by atoms with van der Waals surface area (Å²) < 4.78 is 0. The number of halogens is 1. The number of rotatable bonds is 6.